The van der Waals surface area contributed by atoms with Crippen LogP contribution in [0.1, 0.15) is 31.0 Å². The van der Waals surface area contributed by atoms with Crippen LogP contribution in [0.5, 0.6) is 5.88 Å². The van der Waals surface area contributed by atoms with Gasteiger partial charge in [-0.25, -0.2) is 0 Å². The SMILES string of the molecule is O=c1cc(O)n2nc([C@@H]3CCCCN3)cc2[nH]1. The van der Waals surface area contributed by atoms with Gasteiger partial charge in [0.25, 0.3) is 5.56 Å². The molecule has 1 saturated heterocycles. The lowest BCUT2D eigenvalue weighted by molar-refractivity contribution is 0.399. The number of nitrogens with one attached hydrogen (secondary N) is 2. The number of aromatic amines is 1. The van der Waals surface area contributed by atoms with Crippen LogP contribution in [0.2, 0.25) is 0 Å². The zero-order valence-corrected chi connectivity index (χ0v) is 9.31. The summed E-state index contributed by atoms with van der Waals surface area (Å²) in [5.74, 6) is -0.134. The van der Waals surface area contributed by atoms with Crippen LogP contribution in [0.3, 0.4) is 0 Å². The summed E-state index contributed by atoms with van der Waals surface area (Å²) in [4.78, 5) is 13.9. The van der Waals surface area contributed by atoms with Crippen LogP contribution >= 0.6 is 0 Å². The van der Waals surface area contributed by atoms with Gasteiger partial charge < -0.3 is 15.4 Å². The molecule has 3 heterocycles. The topological polar surface area (TPSA) is 82.4 Å². The average molecular weight is 234 g/mol. The molecule has 1 aliphatic rings. The molecule has 90 valence electrons. The van der Waals surface area contributed by atoms with Gasteiger partial charge in [0.2, 0.25) is 5.88 Å². The highest BCUT2D eigenvalue weighted by Crippen LogP contribution is 2.23. The van der Waals surface area contributed by atoms with Crippen molar-refractivity contribution < 1.29 is 5.11 Å². The molecule has 0 unspecified atom stereocenters. The molecule has 0 bridgehead atoms. The Balaban J connectivity index is 2.06. The molecule has 6 nitrogen and oxygen atoms in total. The summed E-state index contributed by atoms with van der Waals surface area (Å²) < 4.78 is 1.35. The molecule has 2 aromatic heterocycles. The van der Waals surface area contributed by atoms with E-state index in [9.17, 15) is 9.90 Å². The minimum absolute atomic E-state index is 0.134. The summed E-state index contributed by atoms with van der Waals surface area (Å²) in [5, 5.41) is 17.3. The standard InChI is InChI=1S/C11H14N4O2/c16-10-6-11(17)15-9(13-10)5-8(14-15)7-3-1-2-4-12-7/h5-7,12,17H,1-4H2,(H,13,16)/t7-/m0/s1. The number of H-pyrrole nitrogens is 1. The maximum Gasteiger partial charge on any atom is 0.254 e. The number of fused-ring (bicyclic) bond motifs is 1. The fraction of sp³-hybridized carbons (Fsp3) is 0.455. The third kappa shape index (κ3) is 1.80. The maximum atomic E-state index is 11.2. The van der Waals surface area contributed by atoms with Gasteiger partial charge >= 0.3 is 0 Å². The van der Waals surface area contributed by atoms with Gasteiger partial charge in [-0.3, -0.25) is 4.79 Å². The quantitative estimate of drug-likeness (QED) is 0.672. The Morgan fingerprint density at radius 2 is 2.29 bits per heavy atom. The second-order valence-electron chi connectivity index (χ2n) is 4.36. The summed E-state index contributed by atoms with van der Waals surface area (Å²) in [6, 6.07) is 3.15. The number of hydrogen-bond acceptors (Lipinski definition) is 4. The van der Waals surface area contributed by atoms with Crippen molar-refractivity contribution in [3.05, 3.63) is 28.2 Å². The largest absolute Gasteiger partial charge is 0.493 e. The van der Waals surface area contributed by atoms with E-state index < -0.39 is 0 Å². The zero-order valence-electron chi connectivity index (χ0n) is 9.31. The van der Waals surface area contributed by atoms with Crippen LogP contribution in [0.15, 0.2) is 16.9 Å². The minimum Gasteiger partial charge on any atom is -0.493 e. The van der Waals surface area contributed by atoms with Crippen molar-refractivity contribution in [2.24, 2.45) is 0 Å². The summed E-state index contributed by atoms with van der Waals surface area (Å²) >= 11 is 0. The summed E-state index contributed by atoms with van der Waals surface area (Å²) in [5.41, 5.74) is 1.07. The van der Waals surface area contributed by atoms with Crippen molar-refractivity contribution in [1.29, 1.82) is 0 Å². The first-order valence-corrected chi connectivity index (χ1v) is 5.79. The van der Waals surface area contributed by atoms with E-state index in [0.29, 0.717) is 5.65 Å². The number of rotatable bonds is 1. The molecule has 3 N–H and O–H groups in total. The molecule has 0 aliphatic carbocycles. The van der Waals surface area contributed by atoms with Crippen molar-refractivity contribution in [2.45, 2.75) is 25.3 Å². The Morgan fingerprint density at radius 1 is 1.41 bits per heavy atom. The predicted octanol–water partition coefficient (Wildman–Crippen LogP) is 0.543. The Morgan fingerprint density at radius 3 is 3.06 bits per heavy atom. The molecular formula is C11H14N4O2. The van der Waals surface area contributed by atoms with E-state index in [4.69, 9.17) is 0 Å². The third-order valence-corrected chi connectivity index (χ3v) is 3.12. The van der Waals surface area contributed by atoms with Gasteiger partial charge in [0.15, 0.2) is 0 Å². The van der Waals surface area contributed by atoms with Crippen LogP contribution in [0.4, 0.5) is 0 Å². The van der Waals surface area contributed by atoms with E-state index >= 15 is 0 Å². The first-order valence-electron chi connectivity index (χ1n) is 5.79. The van der Waals surface area contributed by atoms with E-state index in [0.717, 1.165) is 24.7 Å². The number of hydrogen-bond donors (Lipinski definition) is 3. The number of aromatic nitrogens is 3. The van der Waals surface area contributed by atoms with Crippen molar-refractivity contribution >= 4 is 5.65 Å². The normalized spacial score (nSPS) is 20.8. The van der Waals surface area contributed by atoms with Crippen molar-refractivity contribution in [3.63, 3.8) is 0 Å². The van der Waals surface area contributed by atoms with Gasteiger partial charge in [-0.05, 0) is 19.4 Å². The molecule has 2 aromatic rings. The monoisotopic (exact) mass is 234 g/mol. The lowest BCUT2D eigenvalue weighted by atomic mass is 10.0. The fourth-order valence-corrected chi connectivity index (χ4v) is 2.28. The van der Waals surface area contributed by atoms with Gasteiger partial charge in [0.1, 0.15) is 5.65 Å². The van der Waals surface area contributed by atoms with Gasteiger partial charge in [0.05, 0.1) is 17.8 Å². The lowest BCUT2D eigenvalue weighted by Gasteiger charge is -2.21. The highest BCUT2D eigenvalue weighted by atomic mass is 16.3. The van der Waals surface area contributed by atoms with Crippen molar-refractivity contribution in [2.75, 3.05) is 6.54 Å². The van der Waals surface area contributed by atoms with Crippen LogP contribution in [-0.2, 0) is 0 Å². The summed E-state index contributed by atoms with van der Waals surface area (Å²) in [6.45, 7) is 0.987. The zero-order chi connectivity index (χ0) is 11.8. The highest BCUT2D eigenvalue weighted by Gasteiger charge is 2.18. The third-order valence-electron chi connectivity index (χ3n) is 3.12. The second kappa shape index (κ2) is 3.89. The molecule has 0 spiro atoms. The molecule has 17 heavy (non-hydrogen) atoms. The number of piperidine rings is 1. The minimum atomic E-state index is -0.321. The molecular weight excluding hydrogens is 220 g/mol. The van der Waals surface area contributed by atoms with Gasteiger partial charge in [0, 0.05) is 6.07 Å². The molecule has 0 aromatic carbocycles. The van der Waals surface area contributed by atoms with E-state index in [2.05, 4.69) is 15.4 Å². The van der Waals surface area contributed by atoms with Crippen LogP contribution in [-0.4, -0.2) is 26.2 Å². The number of aromatic hydroxyl groups is 1. The molecule has 3 rings (SSSR count). The second-order valence-corrected chi connectivity index (χ2v) is 4.36. The Kier molecular flexibility index (Phi) is 2.36. The van der Waals surface area contributed by atoms with E-state index in [1.54, 1.807) is 0 Å². The predicted molar refractivity (Wildman–Crippen MR) is 62.1 cm³/mol. The Labute approximate surface area is 97.3 Å². The summed E-state index contributed by atoms with van der Waals surface area (Å²) in [6.07, 6.45) is 3.40. The maximum absolute atomic E-state index is 11.2. The Hall–Kier alpha value is -1.82. The molecule has 1 atom stereocenters. The van der Waals surface area contributed by atoms with E-state index in [1.165, 1.54) is 17.4 Å². The van der Waals surface area contributed by atoms with E-state index in [-0.39, 0.29) is 17.5 Å². The van der Waals surface area contributed by atoms with Crippen molar-refractivity contribution in [3.8, 4) is 5.88 Å². The van der Waals surface area contributed by atoms with Gasteiger partial charge in [-0.15, -0.1) is 0 Å². The average Bonchev–Trinajstić information content (AvgIpc) is 2.74. The first kappa shape index (κ1) is 10.3. The highest BCUT2D eigenvalue weighted by molar-refractivity contribution is 5.42. The Bertz CT molecular complexity index is 595. The first-order chi connectivity index (χ1) is 8.24. The number of nitrogens with zero attached hydrogens (tertiary/aromatic N) is 2. The van der Waals surface area contributed by atoms with Crippen LogP contribution in [0.25, 0.3) is 5.65 Å². The van der Waals surface area contributed by atoms with Crippen molar-refractivity contribution in [1.82, 2.24) is 19.9 Å². The van der Waals surface area contributed by atoms with Crippen LogP contribution < -0.4 is 10.9 Å². The van der Waals surface area contributed by atoms with E-state index in [1.807, 2.05) is 6.07 Å². The molecule has 0 saturated carbocycles. The molecule has 1 fully saturated rings. The summed E-state index contributed by atoms with van der Waals surface area (Å²) in [7, 11) is 0. The molecule has 1 aliphatic heterocycles. The molecule has 0 radical (unpaired) electrons. The molecule has 6 heteroatoms. The smallest absolute Gasteiger partial charge is 0.254 e. The van der Waals surface area contributed by atoms with Gasteiger partial charge in [-0.2, -0.15) is 9.61 Å². The van der Waals surface area contributed by atoms with Gasteiger partial charge in [-0.1, -0.05) is 6.42 Å². The molecule has 0 amide bonds. The van der Waals surface area contributed by atoms with Crippen LogP contribution in [0, 0.1) is 0 Å². The lowest BCUT2D eigenvalue weighted by Crippen LogP contribution is -2.27. The fourth-order valence-electron chi connectivity index (χ4n) is 2.28.